The molecule has 3 N–H and O–H groups in total. The Morgan fingerprint density at radius 3 is 2.67 bits per heavy atom. The summed E-state index contributed by atoms with van der Waals surface area (Å²) in [4.78, 5) is 6.04. The van der Waals surface area contributed by atoms with Crippen LogP contribution < -0.4 is 11.1 Å². The first kappa shape index (κ1) is 13.5. The zero-order valence-corrected chi connectivity index (χ0v) is 13.2. The van der Waals surface area contributed by atoms with E-state index in [-0.39, 0.29) is 0 Å². The molecule has 0 saturated heterocycles. The number of hydrogen-bond acceptors (Lipinski definition) is 4. The van der Waals surface area contributed by atoms with Gasteiger partial charge in [-0.25, -0.2) is 4.98 Å². The van der Waals surface area contributed by atoms with Crippen molar-refractivity contribution in [2.45, 2.75) is 13.8 Å². The second kappa shape index (κ2) is 5.34. The maximum atomic E-state index is 5.61. The number of nitrogens with zero attached hydrogens (tertiary/aromatic N) is 1. The van der Waals surface area contributed by atoms with E-state index in [1.807, 2.05) is 25.1 Å². The van der Waals surface area contributed by atoms with Gasteiger partial charge in [0, 0.05) is 20.6 Å². The molecule has 0 atom stereocenters. The number of aryl methyl sites for hydroxylation is 2. The summed E-state index contributed by atoms with van der Waals surface area (Å²) >= 11 is 10.1. The van der Waals surface area contributed by atoms with Crippen molar-refractivity contribution in [3.63, 3.8) is 0 Å². The smallest absolute Gasteiger partial charge is 0.187 e. The van der Waals surface area contributed by atoms with Crippen LogP contribution in [0.2, 0.25) is 0 Å². The minimum Gasteiger partial charge on any atom is -0.389 e. The Labute approximate surface area is 124 Å². The fourth-order valence-electron chi connectivity index (χ4n) is 1.44. The highest BCUT2D eigenvalue weighted by Crippen LogP contribution is 2.27. The average Bonchev–Trinajstić information content (AvgIpc) is 2.57. The van der Waals surface area contributed by atoms with E-state index in [4.69, 9.17) is 18.0 Å². The van der Waals surface area contributed by atoms with Crippen molar-refractivity contribution < 1.29 is 0 Å². The third-order valence-electron chi connectivity index (χ3n) is 2.51. The molecule has 0 amide bonds. The summed E-state index contributed by atoms with van der Waals surface area (Å²) in [6.45, 7) is 4.06. The lowest BCUT2D eigenvalue weighted by atomic mass is 10.2. The first-order chi connectivity index (χ1) is 8.47. The van der Waals surface area contributed by atoms with Gasteiger partial charge >= 0.3 is 0 Å². The molecule has 2 rings (SSSR count). The van der Waals surface area contributed by atoms with Crippen LogP contribution in [0.3, 0.4) is 0 Å². The van der Waals surface area contributed by atoms with Crippen LogP contribution in [0, 0.1) is 13.8 Å². The largest absolute Gasteiger partial charge is 0.389 e. The number of thiazole rings is 1. The molecule has 0 fully saturated rings. The van der Waals surface area contributed by atoms with E-state index in [2.05, 4.69) is 33.2 Å². The van der Waals surface area contributed by atoms with Gasteiger partial charge in [-0.2, -0.15) is 0 Å². The molecule has 6 heteroatoms. The molecule has 1 aromatic carbocycles. The number of anilines is 2. The van der Waals surface area contributed by atoms with E-state index in [0.717, 1.165) is 26.5 Å². The topological polar surface area (TPSA) is 50.9 Å². The van der Waals surface area contributed by atoms with E-state index in [1.165, 1.54) is 4.88 Å². The zero-order valence-electron chi connectivity index (χ0n) is 9.95. The minimum atomic E-state index is 0.384. The molecule has 94 valence electrons. The molecule has 0 aliphatic heterocycles. The summed E-state index contributed by atoms with van der Waals surface area (Å²) < 4.78 is 0.880. The number of hydrogen-bond donors (Lipinski definition) is 2. The Kier molecular flexibility index (Phi) is 3.99. The lowest BCUT2D eigenvalue weighted by Gasteiger charge is -2.06. The fourth-order valence-corrected chi connectivity index (χ4v) is 3.18. The molecule has 0 aliphatic carbocycles. The van der Waals surface area contributed by atoms with Gasteiger partial charge < -0.3 is 11.1 Å². The molecular formula is C12H12BrN3S2. The third-order valence-corrected chi connectivity index (χ3v) is 4.38. The molecule has 0 saturated carbocycles. The van der Waals surface area contributed by atoms with E-state index >= 15 is 0 Å². The van der Waals surface area contributed by atoms with Gasteiger partial charge in [0.2, 0.25) is 0 Å². The molecule has 0 unspecified atom stereocenters. The Balaban J connectivity index is 2.25. The molecule has 18 heavy (non-hydrogen) atoms. The predicted molar refractivity (Wildman–Crippen MR) is 84.9 cm³/mol. The van der Waals surface area contributed by atoms with Gasteiger partial charge in [0.25, 0.3) is 0 Å². The molecule has 0 bridgehead atoms. The average molecular weight is 342 g/mol. The Morgan fingerprint density at radius 2 is 2.17 bits per heavy atom. The number of halogens is 1. The van der Waals surface area contributed by atoms with Crippen LogP contribution in [0.15, 0.2) is 22.7 Å². The van der Waals surface area contributed by atoms with E-state index in [9.17, 15) is 0 Å². The molecule has 2 aromatic rings. The van der Waals surface area contributed by atoms with Crippen molar-refractivity contribution in [3.8, 4) is 0 Å². The van der Waals surface area contributed by atoms with Gasteiger partial charge in [0.15, 0.2) is 5.13 Å². The van der Waals surface area contributed by atoms with Crippen molar-refractivity contribution in [3.05, 3.63) is 38.8 Å². The van der Waals surface area contributed by atoms with Crippen LogP contribution in [-0.4, -0.2) is 9.97 Å². The van der Waals surface area contributed by atoms with Gasteiger partial charge in [0.1, 0.15) is 4.99 Å². The van der Waals surface area contributed by atoms with Gasteiger partial charge in [-0.1, -0.05) is 12.2 Å². The highest BCUT2D eigenvalue weighted by molar-refractivity contribution is 9.10. The Bertz CT molecular complexity index is 588. The number of nitrogens with two attached hydrogens (primary N) is 1. The molecule has 0 aliphatic rings. The number of thiocarbonyl (C=S) groups is 1. The minimum absolute atomic E-state index is 0.384. The van der Waals surface area contributed by atoms with Crippen molar-refractivity contribution >= 4 is 55.3 Å². The van der Waals surface area contributed by atoms with Crippen molar-refractivity contribution in [1.29, 1.82) is 0 Å². The lowest BCUT2D eigenvalue weighted by molar-refractivity contribution is 1.23. The summed E-state index contributed by atoms with van der Waals surface area (Å²) in [5.74, 6) is 0. The highest BCUT2D eigenvalue weighted by Gasteiger charge is 2.07. The van der Waals surface area contributed by atoms with E-state index < -0.39 is 0 Å². The van der Waals surface area contributed by atoms with E-state index in [1.54, 1.807) is 11.3 Å². The number of nitrogens with one attached hydrogen (secondary N) is 1. The Hall–Kier alpha value is -0.980. The van der Waals surface area contributed by atoms with Crippen molar-refractivity contribution in [1.82, 2.24) is 4.98 Å². The fraction of sp³-hybridized carbons (Fsp3) is 0.167. The molecule has 1 heterocycles. The molecular weight excluding hydrogens is 330 g/mol. The van der Waals surface area contributed by atoms with Gasteiger partial charge in [-0.15, -0.1) is 11.3 Å². The summed E-state index contributed by atoms with van der Waals surface area (Å²) in [7, 11) is 0. The van der Waals surface area contributed by atoms with Crippen molar-refractivity contribution in [2.24, 2.45) is 5.73 Å². The molecule has 3 nitrogen and oxygen atoms in total. The van der Waals surface area contributed by atoms with E-state index in [0.29, 0.717) is 4.99 Å². The summed E-state index contributed by atoms with van der Waals surface area (Å²) in [5.41, 5.74) is 8.46. The van der Waals surface area contributed by atoms with Gasteiger partial charge in [0.05, 0.1) is 5.69 Å². The molecule has 1 aromatic heterocycles. The highest BCUT2D eigenvalue weighted by atomic mass is 79.9. The number of rotatable bonds is 3. The maximum Gasteiger partial charge on any atom is 0.187 e. The number of aromatic nitrogens is 1. The third kappa shape index (κ3) is 2.88. The standard InChI is InChI=1S/C12H12BrN3S2/c1-6-7(2)18-12(15-6)16-8-3-4-9(11(14)17)10(13)5-8/h3-5H,1-2H3,(H2,14,17)(H,15,16). The summed E-state index contributed by atoms with van der Waals surface area (Å²) in [5, 5.41) is 4.15. The SMILES string of the molecule is Cc1nc(Nc2ccc(C(N)=S)c(Br)c2)sc1C. The summed E-state index contributed by atoms with van der Waals surface area (Å²) in [6, 6.07) is 5.77. The van der Waals surface area contributed by atoms with Crippen LogP contribution in [0.25, 0.3) is 0 Å². The monoisotopic (exact) mass is 341 g/mol. The van der Waals surface area contributed by atoms with Crippen LogP contribution in [0.1, 0.15) is 16.1 Å². The first-order valence-corrected chi connectivity index (χ1v) is 7.29. The Morgan fingerprint density at radius 1 is 1.44 bits per heavy atom. The quantitative estimate of drug-likeness (QED) is 0.831. The van der Waals surface area contributed by atoms with Gasteiger partial charge in [-0.3, -0.25) is 0 Å². The number of benzene rings is 1. The first-order valence-electron chi connectivity index (χ1n) is 5.28. The van der Waals surface area contributed by atoms with Crippen LogP contribution in [0.5, 0.6) is 0 Å². The zero-order chi connectivity index (χ0) is 13.3. The maximum absolute atomic E-state index is 5.61. The second-order valence-corrected chi connectivity index (χ2v) is 6.34. The van der Waals surface area contributed by atoms with Crippen LogP contribution in [0.4, 0.5) is 10.8 Å². The lowest BCUT2D eigenvalue weighted by Crippen LogP contribution is -2.10. The normalized spacial score (nSPS) is 10.4. The van der Waals surface area contributed by atoms with Crippen LogP contribution in [-0.2, 0) is 0 Å². The van der Waals surface area contributed by atoms with Gasteiger partial charge in [-0.05, 0) is 48.0 Å². The molecule has 0 spiro atoms. The summed E-state index contributed by atoms with van der Waals surface area (Å²) in [6.07, 6.45) is 0. The molecule has 0 radical (unpaired) electrons. The van der Waals surface area contributed by atoms with Crippen LogP contribution >= 0.6 is 39.5 Å². The predicted octanol–water partition coefficient (Wildman–Crippen LogP) is 3.90. The second-order valence-electron chi connectivity index (χ2n) is 3.84. The van der Waals surface area contributed by atoms with Crippen molar-refractivity contribution in [2.75, 3.05) is 5.32 Å².